The highest BCUT2D eigenvalue weighted by Gasteiger charge is 2.10. The lowest BCUT2D eigenvalue weighted by Gasteiger charge is -2.16. The molecule has 1 aromatic carbocycles. The number of carboxylic acids is 1. The van der Waals surface area contributed by atoms with Gasteiger partial charge in [-0.3, -0.25) is 0 Å². The lowest BCUT2D eigenvalue weighted by atomic mass is 10.0. The molecule has 0 spiro atoms. The van der Waals surface area contributed by atoms with Gasteiger partial charge in [-0.05, 0) is 30.5 Å². The second-order valence-electron chi connectivity index (χ2n) is 4.79. The maximum atomic E-state index is 10.8. The number of nitrogen functional groups attached to an aromatic ring is 1. The van der Waals surface area contributed by atoms with E-state index in [-0.39, 0.29) is 5.56 Å². The van der Waals surface area contributed by atoms with Crippen LogP contribution in [0.5, 0.6) is 5.75 Å². The Morgan fingerprint density at radius 1 is 1.42 bits per heavy atom. The van der Waals surface area contributed by atoms with Crippen LogP contribution in [0.4, 0.5) is 5.69 Å². The summed E-state index contributed by atoms with van der Waals surface area (Å²) in [7, 11) is 0. The minimum absolute atomic E-state index is 0.183. The monoisotopic (exact) mass is 265 g/mol. The minimum Gasteiger partial charge on any atom is -0.491 e. The van der Waals surface area contributed by atoms with Crippen molar-refractivity contribution in [3.05, 3.63) is 23.8 Å². The lowest BCUT2D eigenvalue weighted by Crippen LogP contribution is -2.12. The maximum Gasteiger partial charge on any atom is 0.335 e. The van der Waals surface area contributed by atoms with Gasteiger partial charge in [-0.25, -0.2) is 4.79 Å². The van der Waals surface area contributed by atoms with Crippen LogP contribution >= 0.6 is 0 Å². The highest BCUT2D eigenvalue weighted by atomic mass is 16.5. The summed E-state index contributed by atoms with van der Waals surface area (Å²) in [6, 6.07) is 4.58. The summed E-state index contributed by atoms with van der Waals surface area (Å²) in [5.74, 6) is 0.117. The van der Waals surface area contributed by atoms with Gasteiger partial charge in [-0.15, -0.1) is 0 Å². The van der Waals surface area contributed by atoms with E-state index in [1.807, 2.05) is 0 Å². The Kier molecular flexibility index (Phi) is 6.19. The molecule has 0 aromatic heterocycles. The standard InChI is InChI=1S/C15H23NO3/c1-3-5-6-11(4-2)10-19-14-8-7-12(15(17)18)9-13(14)16/h7-9,11H,3-6,10,16H2,1-2H3,(H,17,18). The van der Waals surface area contributed by atoms with E-state index in [2.05, 4.69) is 13.8 Å². The van der Waals surface area contributed by atoms with Gasteiger partial charge >= 0.3 is 5.97 Å². The number of hydrogen-bond donors (Lipinski definition) is 2. The lowest BCUT2D eigenvalue weighted by molar-refractivity contribution is 0.0697. The number of benzene rings is 1. The van der Waals surface area contributed by atoms with Gasteiger partial charge in [-0.1, -0.05) is 33.1 Å². The first kappa shape index (κ1) is 15.3. The number of carboxylic acid groups (broad SMARTS) is 1. The molecular weight excluding hydrogens is 242 g/mol. The third-order valence-corrected chi connectivity index (χ3v) is 3.27. The van der Waals surface area contributed by atoms with Crippen molar-refractivity contribution in [1.82, 2.24) is 0 Å². The predicted molar refractivity (Wildman–Crippen MR) is 76.6 cm³/mol. The van der Waals surface area contributed by atoms with E-state index in [4.69, 9.17) is 15.6 Å². The largest absolute Gasteiger partial charge is 0.491 e. The number of rotatable bonds is 8. The molecular formula is C15H23NO3. The van der Waals surface area contributed by atoms with Gasteiger partial charge in [0, 0.05) is 0 Å². The van der Waals surface area contributed by atoms with Crippen molar-refractivity contribution < 1.29 is 14.6 Å². The third-order valence-electron chi connectivity index (χ3n) is 3.27. The Balaban J connectivity index is 2.59. The van der Waals surface area contributed by atoms with E-state index in [1.54, 1.807) is 6.07 Å². The summed E-state index contributed by atoms with van der Waals surface area (Å²) in [5.41, 5.74) is 6.36. The second-order valence-corrected chi connectivity index (χ2v) is 4.79. The molecule has 3 N–H and O–H groups in total. The predicted octanol–water partition coefficient (Wildman–Crippen LogP) is 3.56. The van der Waals surface area contributed by atoms with Crippen molar-refractivity contribution in [2.24, 2.45) is 5.92 Å². The van der Waals surface area contributed by atoms with Crippen molar-refractivity contribution >= 4 is 11.7 Å². The van der Waals surface area contributed by atoms with Crippen LogP contribution in [-0.4, -0.2) is 17.7 Å². The number of unbranched alkanes of at least 4 members (excludes halogenated alkanes) is 1. The van der Waals surface area contributed by atoms with Gasteiger partial charge in [0.15, 0.2) is 0 Å². The van der Waals surface area contributed by atoms with Gasteiger partial charge in [0.2, 0.25) is 0 Å². The van der Waals surface area contributed by atoms with E-state index < -0.39 is 5.97 Å². The zero-order chi connectivity index (χ0) is 14.3. The fourth-order valence-electron chi connectivity index (χ4n) is 1.92. The van der Waals surface area contributed by atoms with Crippen molar-refractivity contribution in [3.8, 4) is 5.75 Å². The summed E-state index contributed by atoms with van der Waals surface area (Å²) in [5, 5.41) is 8.86. The molecule has 0 radical (unpaired) electrons. The van der Waals surface area contributed by atoms with E-state index in [9.17, 15) is 4.79 Å². The van der Waals surface area contributed by atoms with Crippen LogP contribution in [0.15, 0.2) is 18.2 Å². The fraction of sp³-hybridized carbons (Fsp3) is 0.533. The molecule has 0 aliphatic carbocycles. The first-order valence-electron chi connectivity index (χ1n) is 6.84. The van der Waals surface area contributed by atoms with Crippen LogP contribution < -0.4 is 10.5 Å². The Morgan fingerprint density at radius 2 is 2.16 bits per heavy atom. The Morgan fingerprint density at radius 3 is 2.68 bits per heavy atom. The SMILES string of the molecule is CCCCC(CC)COc1ccc(C(=O)O)cc1N. The van der Waals surface area contributed by atoms with Crippen LogP contribution in [0.1, 0.15) is 49.9 Å². The normalized spacial score (nSPS) is 12.1. The highest BCUT2D eigenvalue weighted by molar-refractivity contribution is 5.89. The van der Waals surface area contributed by atoms with Gasteiger partial charge in [0.05, 0.1) is 17.9 Å². The number of carbonyl (C=O) groups is 1. The molecule has 0 saturated carbocycles. The molecule has 106 valence electrons. The van der Waals surface area contributed by atoms with Crippen LogP contribution in [0.3, 0.4) is 0 Å². The Labute approximate surface area is 114 Å². The van der Waals surface area contributed by atoms with Crippen molar-refractivity contribution in [3.63, 3.8) is 0 Å². The van der Waals surface area contributed by atoms with E-state index in [0.717, 1.165) is 12.8 Å². The molecule has 19 heavy (non-hydrogen) atoms. The van der Waals surface area contributed by atoms with Crippen LogP contribution in [0.2, 0.25) is 0 Å². The van der Waals surface area contributed by atoms with Crippen LogP contribution in [0, 0.1) is 5.92 Å². The molecule has 0 amide bonds. The fourth-order valence-corrected chi connectivity index (χ4v) is 1.92. The molecule has 0 fully saturated rings. The zero-order valence-corrected chi connectivity index (χ0v) is 11.7. The molecule has 0 heterocycles. The summed E-state index contributed by atoms with van der Waals surface area (Å²) < 4.78 is 5.70. The summed E-state index contributed by atoms with van der Waals surface area (Å²) in [6.45, 7) is 4.96. The maximum absolute atomic E-state index is 10.8. The first-order chi connectivity index (χ1) is 9.08. The van der Waals surface area contributed by atoms with Gasteiger partial charge in [-0.2, -0.15) is 0 Å². The van der Waals surface area contributed by atoms with E-state index >= 15 is 0 Å². The van der Waals surface area contributed by atoms with Gasteiger partial charge in [0.25, 0.3) is 0 Å². The molecule has 0 saturated heterocycles. The van der Waals surface area contributed by atoms with Crippen LogP contribution in [0.25, 0.3) is 0 Å². The number of aromatic carboxylic acids is 1. The first-order valence-corrected chi connectivity index (χ1v) is 6.84. The summed E-state index contributed by atoms with van der Waals surface area (Å²) >= 11 is 0. The van der Waals surface area contributed by atoms with Crippen molar-refractivity contribution in [2.75, 3.05) is 12.3 Å². The number of anilines is 1. The smallest absolute Gasteiger partial charge is 0.335 e. The molecule has 0 aliphatic rings. The quantitative estimate of drug-likeness (QED) is 0.705. The van der Waals surface area contributed by atoms with Gasteiger partial charge < -0.3 is 15.6 Å². The molecule has 1 unspecified atom stereocenters. The minimum atomic E-state index is -0.979. The highest BCUT2D eigenvalue weighted by Crippen LogP contribution is 2.24. The topological polar surface area (TPSA) is 72.5 Å². The molecule has 1 rings (SSSR count). The summed E-state index contributed by atoms with van der Waals surface area (Å²) in [6.07, 6.45) is 4.62. The Bertz CT molecular complexity index is 418. The number of nitrogens with two attached hydrogens (primary N) is 1. The molecule has 0 aliphatic heterocycles. The average Bonchev–Trinajstić information content (AvgIpc) is 2.40. The second kappa shape index (κ2) is 7.67. The molecule has 4 nitrogen and oxygen atoms in total. The van der Waals surface area contributed by atoms with Gasteiger partial charge in [0.1, 0.15) is 5.75 Å². The van der Waals surface area contributed by atoms with E-state index in [1.165, 1.54) is 25.0 Å². The zero-order valence-electron chi connectivity index (χ0n) is 11.7. The molecule has 1 atom stereocenters. The van der Waals surface area contributed by atoms with Crippen molar-refractivity contribution in [2.45, 2.75) is 39.5 Å². The van der Waals surface area contributed by atoms with Crippen LogP contribution in [-0.2, 0) is 0 Å². The van der Waals surface area contributed by atoms with E-state index in [0.29, 0.717) is 24.0 Å². The molecule has 1 aromatic rings. The number of ether oxygens (including phenoxy) is 1. The molecule has 4 heteroatoms. The number of hydrogen-bond acceptors (Lipinski definition) is 3. The average molecular weight is 265 g/mol. The van der Waals surface area contributed by atoms with Crippen molar-refractivity contribution in [1.29, 1.82) is 0 Å². The third kappa shape index (κ3) is 4.81. The molecule has 0 bridgehead atoms. The summed E-state index contributed by atoms with van der Waals surface area (Å²) in [4.78, 5) is 10.8. The Hall–Kier alpha value is -1.71.